The fraction of sp³-hybridized carbons (Fsp3) is 0.0833. The highest BCUT2D eigenvalue weighted by molar-refractivity contribution is 6.34. The van der Waals surface area contributed by atoms with Gasteiger partial charge in [0.15, 0.2) is 6.10 Å². The van der Waals surface area contributed by atoms with Crippen LogP contribution in [-0.4, -0.2) is 29.7 Å². The molecule has 2 amide bonds. The van der Waals surface area contributed by atoms with E-state index in [0.717, 1.165) is 4.90 Å². The quantitative estimate of drug-likeness (QED) is 0.369. The van der Waals surface area contributed by atoms with Gasteiger partial charge in [0.25, 0.3) is 11.8 Å². The first kappa shape index (κ1) is 19.3. The Morgan fingerprint density at radius 2 is 1.33 bits per heavy atom. The van der Waals surface area contributed by atoms with E-state index in [1.165, 1.54) is 19.1 Å². The van der Waals surface area contributed by atoms with Crippen LogP contribution in [0.4, 0.5) is 5.69 Å². The largest absolute Gasteiger partial charge is 0.451 e. The van der Waals surface area contributed by atoms with E-state index in [2.05, 4.69) is 0 Å². The van der Waals surface area contributed by atoms with Crippen molar-refractivity contribution in [1.29, 1.82) is 0 Å². The van der Waals surface area contributed by atoms with Crippen molar-refractivity contribution >= 4 is 29.3 Å². The van der Waals surface area contributed by atoms with Gasteiger partial charge in [-0.05, 0) is 37.3 Å². The number of fused-ring (bicyclic) bond motifs is 1. The van der Waals surface area contributed by atoms with Crippen LogP contribution >= 0.6 is 0 Å². The van der Waals surface area contributed by atoms with Gasteiger partial charge >= 0.3 is 5.97 Å². The minimum Gasteiger partial charge on any atom is -0.451 e. The van der Waals surface area contributed by atoms with Gasteiger partial charge in [0.1, 0.15) is 0 Å². The molecule has 30 heavy (non-hydrogen) atoms. The summed E-state index contributed by atoms with van der Waals surface area (Å²) in [6, 6.07) is 21.1. The van der Waals surface area contributed by atoms with Crippen LogP contribution in [0.5, 0.6) is 0 Å². The smallest absolute Gasteiger partial charge is 0.338 e. The molecule has 0 aromatic heterocycles. The molecule has 6 nitrogen and oxygen atoms in total. The number of amides is 2. The van der Waals surface area contributed by atoms with E-state index in [1.807, 2.05) is 0 Å². The van der Waals surface area contributed by atoms with E-state index in [-0.39, 0.29) is 17.0 Å². The Kier molecular flexibility index (Phi) is 4.98. The van der Waals surface area contributed by atoms with E-state index in [0.29, 0.717) is 16.7 Å². The first-order chi connectivity index (χ1) is 14.5. The van der Waals surface area contributed by atoms with Gasteiger partial charge in [-0.25, -0.2) is 9.69 Å². The predicted molar refractivity (Wildman–Crippen MR) is 110 cm³/mol. The molecule has 0 radical (unpaired) electrons. The number of Topliss-reactive ketones (excluding diaryl/α,β-unsaturated/α-hetero) is 1. The highest BCUT2D eigenvalue weighted by Gasteiger charge is 2.36. The number of hydrogen-bond donors (Lipinski definition) is 0. The summed E-state index contributed by atoms with van der Waals surface area (Å²) in [7, 11) is 0. The van der Waals surface area contributed by atoms with Crippen LogP contribution in [0.2, 0.25) is 0 Å². The van der Waals surface area contributed by atoms with E-state index >= 15 is 0 Å². The third-order valence-corrected chi connectivity index (χ3v) is 4.85. The molecule has 0 bridgehead atoms. The molecular weight excluding hydrogens is 382 g/mol. The standard InChI is InChI=1S/C24H17NO5/c1-15(21(26)16-8-3-2-4-9-16)30-24(29)17-10-7-11-18(14-17)25-22(27)19-12-5-6-13-20(19)23(25)28/h2-15H,1H3/t15-/m0/s1. The Morgan fingerprint density at radius 1 is 0.767 bits per heavy atom. The van der Waals surface area contributed by atoms with Gasteiger partial charge in [0.2, 0.25) is 5.78 Å². The van der Waals surface area contributed by atoms with Crippen LogP contribution in [0.3, 0.4) is 0 Å². The van der Waals surface area contributed by atoms with Crippen LogP contribution in [0.15, 0.2) is 78.9 Å². The molecule has 1 aliphatic rings. The van der Waals surface area contributed by atoms with Crippen molar-refractivity contribution in [2.24, 2.45) is 0 Å². The fourth-order valence-corrected chi connectivity index (χ4v) is 3.31. The molecule has 1 aliphatic heterocycles. The lowest BCUT2D eigenvalue weighted by atomic mass is 10.1. The van der Waals surface area contributed by atoms with Crippen LogP contribution in [0, 0.1) is 0 Å². The second kappa shape index (κ2) is 7.75. The van der Waals surface area contributed by atoms with E-state index in [1.54, 1.807) is 66.7 Å². The van der Waals surface area contributed by atoms with Gasteiger partial charge in [-0.2, -0.15) is 0 Å². The van der Waals surface area contributed by atoms with Crippen LogP contribution < -0.4 is 4.90 Å². The van der Waals surface area contributed by atoms with Gasteiger partial charge in [-0.15, -0.1) is 0 Å². The summed E-state index contributed by atoms with van der Waals surface area (Å²) in [5, 5.41) is 0. The molecule has 4 rings (SSSR count). The number of benzene rings is 3. The van der Waals surface area contributed by atoms with Crippen molar-refractivity contribution < 1.29 is 23.9 Å². The van der Waals surface area contributed by atoms with Crippen LogP contribution in [-0.2, 0) is 4.74 Å². The van der Waals surface area contributed by atoms with Crippen molar-refractivity contribution in [1.82, 2.24) is 0 Å². The second-order valence-corrected chi connectivity index (χ2v) is 6.82. The molecule has 3 aromatic carbocycles. The maximum absolute atomic E-state index is 12.7. The van der Waals surface area contributed by atoms with Crippen molar-refractivity contribution in [2.45, 2.75) is 13.0 Å². The first-order valence-electron chi connectivity index (χ1n) is 9.35. The molecule has 0 unspecified atom stereocenters. The SMILES string of the molecule is C[C@H](OC(=O)c1cccc(N2C(=O)c3ccccc3C2=O)c1)C(=O)c1ccccc1. The number of anilines is 1. The number of nitrogens with zero attached hydrogens (tertiary/aromatic N) is 1. The Hall–Kier alpha value is -4.06. The van der Waals surface area contributed by atoms with Gasteiger partial charge in [0, 0.05) is 5.56 Å². The number of carbonyl (C=O) groups excluding carboxylic acids is 4. The number of hydrogen-bond acceptors (Lipinski definition) is 5. The van der Waals surface area contributed by atoms with Crippen molar-refractivity contribution in [3.05, 3.63) is 101 Å². The summed E-state index contributed by atoms with van der Waals surface area (Å²) in [4.78, 5) is 51.3. The molecule has 0 N–H and O–H groups in total. The number of ketones is 1. The molecule has 0 aliphatic carbocycles. The minimum atomic E-state index is -0.983. The summed E-state index contributed by atoms with van der Waals surface area (Å²) < 4.78 is 5.31. The summed E-state index contributed by atoms with van der Waals surface area (Å²) in [6.07, 6.45) is -0.983. The number of ether oxygens (including phenoxy) is 1. The molecule has 148 valence electrons. The zero-order valence-electron chi connectivity index (χ0n) is 16.1. The number of imide groups is 1. The van der Waals surface area contributed by atoms with Gasteiger partial charge in [-0.1, -0.05) is 48.5 Å². The Labute approximate surface area is 172 Å². The van der Waals surface area contributed by atoms with E-state index in [9.17, 15) is 19.2 Å². The lowest BCUT2D eigenvalue weighted by Crippen LogP contribution is -2.29. The van der Waals surface area contributed by atoms with E-state index in [4.69, 9.17) is 4.74 Å². The predicted octanol–water partition coefficient (Wildman–Crippen LogP) is 3.92. The molecule has 0 saturated heterocycles. The summed E-state index contributed by atoms with van der Waals surface area (Å²) >= 11 is 0. The highest BCUT2D eigenvalue weighted by Crippen LogP contribution is 2.29. The zero-order chi connectivity index (χ0) is 21.3. The number of carbonyl (C=O) groups is 4. The molecule has 6 heteroatoms. The maximum atomic E-state index is 12.7. The van der Waals surface area contributed by atoms with Gasteiger partial charge in [-0.3, -0.25) is 14.4 Å². The third kappa shape index (κ3) is 3.39. The van der Waals surface area contributed by atoms with Crippen LogP contribution in [0.25, 0.3) is 0 Å². The average molecular weight is 399 g/mol. The second-order valence-electron chi connectivity index (χ2n) is 6.82. The zero-order valence-corrected chi connectivity index (χ0v) is 16.1. The fourth-order valence-electron chi connectivity index (χ4n) is 3.31. The Bertz CT molecular complexity index is 1130. The Balaban J connectivity index is 1.54. The molecule has 1 heterocycles. The first-order valence-corrected chi connectivity index (χ1v) is 9.35. The highest BCUT2D eigenvalue weighted by atomic mass is 16.5. The summed E-state index contributed by atoms with van der Waals surface area (Å²) in [6.45, 7) is 1.50. The topological polar surface area (TPSA) is 80.8 Å². The van der Waals surface area contributed by atoms with Crippen molar-refractivity contribution in [3.8, 4) is 0 Å². The third-order valence-electron chi connectivity index (χ3n) is 4.85. The molecule has 1 atom stereocenters. The monoisotopic (exact) mass is 399 g/mol. The van der Waals surface area contributed by atoms with Crippen molar-refractivity contribution in [3.63, 3.8) is 0 Å². The molecular formula is C24H17NO5. The molecule has 0 spiro atoms. The maximum Gasteiger partial charge on any atom is 0.338 e. The average Bonchev–Trinajstić information content (AvgIpc) is 3.04. The summed E-state index contributed by atoms with van der Waals surface area (Å²) in [5.41, 5.74) is 1.47. The minimum absolute atomic E-state index is 0.136. The molecule has 3 aromatic rings. The summed E-state index contributed by atoms with van der Waals surface area (Å²) in [5.74, 6) is -1.94. The Morgan fingerprint density at radius 3 is 1.97 bits per heavy atom. The van der Waals surface area contributed by atoms with Gasteiger partial charge in [0.05, 0.1) is 22.4 Å². The number of rotatable bonds is 5. The lowest BCUT2D eigenvalue weighted by Gasteiger charge is -2.16. The van der Waals surface area contributed by atoms with E-state index < -0.39 is 23.9 Å². The number of esters is 1. The van der Waals surface area contributed by atoms with Crippen LogP contribution in [0.1, 0.15) is 48.4 Å². The molecule has 0 saturated carbocycles. The van der Waals surface area contributed by atoms with Crippen molar-refractivity contribution in [2.75, 3.05) is 4.90 Å². The molecule has 0 fully saturated rings. The normalized spacial score (nSPS) is 13.7. The lowest BCUT2D eigenvalue weighted by molar-refractivity contribution is 0.0318. The van der Waals surface area contributed by atoms with Gasteiger partial charge < -0.3 is 4.74 Å².